The molecule has 0 N–H and O–H groups in total. The molecule has 0 aromatic heterocycles. The molecule has 3 nitrogen and oxygen atoms in total. The Morgan fingerprint density at radius 1 is 0.964 bits per heavy atom. The fourth-order valence-electron chi connectivity index (χ4n) is 8.62. The quantitative estimate of drug-likeness (QED) is 0.385. The van der Waals surface area contributed by atoms with Gasteiger partial charge < -0.3 is 4.74 Å². The van der Waals surface area contributed by atoms with E-state index in [9.17, 15) is 9.59 Å². The SMILES string of the molecule is CC(=O)OC1CCC2(C)C(CCC3C2CCC2(C)C3CC(C)C2(Br)C(C)=O)C1. The molecule has 0 spiro atoms. The number of fused-ring (bicyclic) bond motifs is 5. The lowest BCUT2D eigenvalue weighted by molar-refractivity contribution is -0.160. The molecule has 0 saturated heterocycles. The highest BCUT2D eigenvalue weighted by atomic mass is 79.9. The molecule has 0 heterocycles. The van der Waals surface area contributed by atoms with E-state index in [1.54, 1.807) is 6.92 Å². The second kappa shape index (κ2) is 6.82. The first-order valence-electron chi connectivity index (χ1n) is 11.4. The molecule has 0 radical (unpaired) electrons. The Bertz CT molecular complexity index is 677. The van der Waals surface area contributed by atoms with Crippen LogP contribution in [-0.2, 0) is 14.3 Å². The molecule has 4 aliphatic rings. The molecule has 9 unspecified atom stereocenters. The molecular weight excluding hydrogens is 416 g/mol. The molecule has 28 heavy (non-hydrogen) atoms. The first kappa shape index (κ1) is 20.9. The lowest BCUT2D eigenvalue weighted by atomic mass is 9.44. The number of Topliss-reactive ketones (excluding diaryl/α,β-unsaturated/α-hetero) is 1. The van der Waals surface area contributed by atoms with Crippen molar-refractivity contribution in [2.45, 2.75) is 96.4 Å². The molecule has 0 bridgehead atoms. The molecule has 0 aromatic rings. The predicted octanol–water partition coefficient (Wildman–Crippen LogP) is 5.93. The van der Waals surface area contributed by atoms with Crippen LogP contribution in [0.2, 0.25) is 0 Å². The average Bonchev–Trinajstić information content (AvgIpc) is 2.83. The molecule has 0 aromatic carbocycles. The van der Waals surface area contributed by atoms with E-state index in [1.165, 1.54) is 39.0 Å². The molecule has 0 aliphatic heterocycles. The summed E-state index contributed by atoms with van der Waals surface area (Å²) >= 11 is 4.01. The highest BCUT2D eigenvalue weighted by Crippen LogP contribution is 2.71. The van der Waals surface area contributed by atoms with E-state index in [1.807, 2.05) is 0 Å². The van der Waals surface area contributed by atoms with Gasteiger partial charge in [0.15, 0.2) is 0 Å². The Morgan fingerprint density at radius 2 is 1.68 bits per heavy atom. The van der Waals surface area contributed by atoms with Crippen LogP contribution >= 0.6 is 15.9 Å². The van der Waals surface area contributed by atoms with Gasteiger partial charge in [-0.2, -0.15) is 0 Å². The van der Waals surface area contributed by atoms with Crippen molar-refractivity contribution in [3.8, 4) is 0 Å². The molecular formula is C24H37BrO3. The summed E-state index contributed by atoms with van der Waals surface area (Å²) in [6.45, 7) is 10.5. The van der Waals surface area contributed by atoms with Gasteiger partial charge in [-0.25, -0.2) is 0 Å². The molecule has 4 saturated carbocycles. The van der Waals surface area contributed by atoms with Crippen LogP contribution in [0, 0.1) is 40.4 Å². The summed E-state index contributed by atoms with van der Waals surface area (Å²) in [6, 6.07) is 0. The fourth-order valence-corrected chi connectivity index (χ4v) is 9.30. The number of carbonyl (C=O) groups is 2. The maximum absolute atomic E-state index is 12.7. The summed E-state index contributed by atoms with van der Waals surface area (Å²) in [4.78, 5) is 24.2. The van der Waals surface area contributed by atoms with Crippen molar-refractivity contribution in [3.63, 3.8) is 0 Å². The molecule has 4 aliphatic carbocycles. The van der Waals surface area contributed by atoms with Gasteiger partial charge in [0, 0.05) is 6.92 Å². The van der Waals surface area contributed by atoms with Crippen molar-refractivity contribution >= 4 is 27.7 Å². The van der Waals surface area contributed by atoms with E-state index in [-0.39, 0.29) is 21.8 Å². The summed E-state index contributed by atoms with van der Waals surface area (Å²) < 4.78 is 5.24. The monoisotopic (exact) mass is 452 g/mol. The third-order valence-corrected chi connectivity index (χ3v) is 12.2. The third-order valence-electron chi connectivity index (χ3n) is 9.97. The zero-order chi connectivity index (χ0) is 20.5. The molecule has 9 atom stereocenters. The van der Waals surface area contributed by atoms with Crippen LogP contribution < -0.4 is 0 Å². The Hall–Kier alpha value is -0.380. The number of ether oxygens (including phenoxy) is 1. The summed E-state index contributed by atoms with van der Waals surface area (Å²) in [5, 5.41) is 0. The number of hydrogen-bond donors (Lipinski definition) is 0. The van der Waals surface area contributed by atoms with Crippen molar-refractivity contribution in [2.24, 2.45) is 40.4 Å². The second-order valence-corrected chi connectivity index (χ2v) is 12.3. The van der Waals surface area contributed by atoms with E-state index in [0.29, 0.717) is 29.0 Å². The van der Waals surface area contributed by atoms with Crippen LogP contribution in [0.4, 0.5) is 0 Å². The van der Waals surface area contributed by atoms with E-state index in [4.69, 9.17) is 4.74 Å². The van der Waals surface area contributed by atoms with Gasteiger partial charge in [0.1, 0.15) is 11.9 Å². The van der Waals surface area contributed by atoms with Gasteiger partial charge in [0.25, 0.3) is 0 Å². The number of halogens is 1. The minimum atomic E-state index is -0.347. The van der Waals surface area contributed by atoms with Gasteiger partial charge in [0.2, 0.25) is 0 Å². The maximum Gasteiger partial charge on any atom is 0.302 e. The van der Waals surface area contributed by atoms with Gasteiger partial charge in [0.05, 0.1) is 4.32 Å². The number of esters is 1. The average molecular weight is 453 g/mol. The zero-order valence-corrected chi connectivity index (χ0v) is 19.8. The standard InChI is InChI=1S/C24H37BrO3/c1-14-12-21-19-7-6-17-13-18(28-16(3)27)8-10-22(17,4)20(19)9-11-23(21,5)24(14,25)15(2)26/h14,17-21H,6-13H2,1-5H3. The minimum absolute atomic E-state index is 0.0809. The number of hydrogen-bond acceptors (Lipinski definition) is 3. The summed E-state index contributed by atoms with van der Waals surface area (Å²) in [7, 11) is 0. The van der Waals surface area contributed by atoms with Crippen molar-refractivity contribution in [1.82, 2.24) is 0 Å². The lowest BCUT2D eigenvalue weighted by Gasteiger charge is -2.61. The number of carbonyl (C=O) groups excluding carboxylic acids is 2. The normalized spacial score (nSPS) is 52.9. The van der Waals surface area contributed by atoms with Crippen molar-refractivity contribution in [1.29, 1.82) is 0 Å². The topological polar surface area (TPSA) is 43.4 Å². The molecule has 4 fully saturated rings. The van der Waals surface area contributed by atoms with E-state index >= 15 is 0 Å². The first-order valence-corrected chi connectivity index (χ1v) is 12.2. The third kappa shape index (κ3) is 2.72. The molecule has 0 amide bonds. The Kier molecular flexibility index (Phi) is 5.08. The predicted molar refractivity (Wildman–Crippen MR) is 114 cm³/mol. The minimum Gasteiger partial charge on any atom is -0.463 e. The first-order chi connectivity index (χ1) is 13.0. The van der Waals surface area contributed by atoms with Crippen LogP contribution in [0.3, 0.4) is 0 Å². The van der Waals surface area contributed by atoms with Gasteiger partial charge in [-0.05, 0) is 98.7 Å². The van der Waals surface area contributed by atoms with Crippen LogP contribution in [-0.4, -0.2) is 22.2 Å². The van der Waals surface area contributed by atoms with Crippen molar-refractivity contribution in [3.05, 3.63) is 0 Å². The van der Waals surface area contributed by atoms with Crippen LogP contribution in [0.5, 0.6) is 0 Å². The second-order valence-electron chi connectivity index (χ2n) is 11.0. The maximum atomic E-state index is 12.7. The van der Waals surface area contributed by atoms with Crippen LogP contribution in [0.25, 0.3) is 0 Å². The molecule has 4 rings (SSSR count). The lowest BCUT2D eigenvalue weighted by Crippen LogP contribution is -2.57. The smallest absolute Gasteiger partial charge is 0.302 e. The van der Waals surface area contributed by atoms with E-state index < -0.39 is 0 Å². The fraction of sp³-hybridized carbons (Fsp3) is 0.917. The van der Waals surface area contributed by atoms with E-state index in [2.05, 4.69) is 36.7 Å². The Morgan fingerprint density at radius 3 is 2.32 bits per heavy atom. The largest absolute Gasteiger partial charge is 0.463 e. The Balaban J connectivity index is 1.59. The van der Waals surface area contributed by atoms with Crippen molar-refractivity contribution in [2.75, 3.05) is 0 Å². The van der Waals surface area contributed by atoms with Gasteiger partial charge in [-0.3, -0.25) is 9.59 Å². The highest BCUT2D eigenvalue weighted by Gasteiger charge is 2.68. The highest BCUT2D eigenvalue weighted by molar-refractivity contribution is 9.10. The van der Waals surface area contributed by atoms with Gasteiger partial charge in [-0.1, -0.05) is 36.7 Å². The van der Waals surface area contributed by atoms with Gasteiger partial charge >= 0.3 is 5.97 Å². The molecule has 158 valence electrons. The number of ketones is 1. The summed E-state index contributed by atoms with van der Waals surface area (Å²) in [5.41, 5.74) is 0.454. The summed E-state index contributed by atoms with van der Waals surface area (Å²) in [5.74, 6) is 3.43. The van der Waals surface area contributed by atoms with Crippen molar-refractivity contribution < 1.29 is 14.3 Å². The zero-order valence-electron chi connectivity index (χ0n) is 18.2. The number of alkyl halides is 1. The van der Waals surface area contributed by atoms with Crippen LogP contribution in [0.15, 0.2) is 0 Å². The van der Waals surface area contributed by atoms with Gasteiger partial charge in [-0.15, -0.1) is 0 Å². The van der Waals surface area contributed by atoms with Crippen LogP contribution in [0.1, 0.15) is 86.0 Å². The summed E-state index contributed by atoms with van der Waals surface area (Å²) in [6.07, 6.45) is 9.50. The number of rotatable bonds is 2. The Labute approximate surface area is 178 Å². The molecule has 4 heteroatoms. The van der Waals surface area contributed by atoms with E-state index in [0.717, 1.165) is 31.1 Å².